The Balaban J connectivity index is 1.40. The summed E-state index contributed by atoms with van der Waals surface area (Å²) >= 11 is 0. The summed E-state index contributed by atoms with van der Waals surface area (Å²) in [7, 11) is 0. The zero-order valence-corrected chi connectivity index (χ0v) is 20.1. The smallest absolute Gasteiger partial charge is 0.378 e. The van der Waals surface area contributed by atoms with E-state index in [0.29, 0.717) is 47.8 Å². The molecule has 5 rings (SSSR count). The number of hydrogen-bond donors (Lipinski definition) is 1. The van der Waals surface area contributed by atoms with E-state index in [2.05, 4.69) is 32.1 Å². The van der Waals surface area contributed by atoms with Crippen LogP contribution in [-0.2, 0) is 10.9 Å². The number of fused-ring (bicyclic) bond motifs is 1. The summed E-state index contributed by atoms with van der Waals surface area (Å²) in [5.74, 6) is 5.06. The maximum absolute atomic E-state index is 13.7. The Morgan fingerprint density at radius 1 is 1.08 bits per heavy atom. The fourth-order valence-corrected chi connectivity index (χ4v) is 4.08. The molecule has 11 heteroatoms. The van der Waals surface area contributed by atoms with E-state index in [9.17, 15) is 22.4 Å². The van der Waals surface area contributed by atoms with Gasteiger partial charge in [0.25, 0.3) is 5.91 Å². The van der Waals surface area contributed by atoms with E-state index in [1.807, 2.05) is 12.1 Å². The lowest BCUT2D eigenvalue weighted by atomic mass is 10.0. The summed E-state index contributed by atoms with van der Waals surface area (Å²) < 4.78 is 59.9. The van der Waals surface area contributed by atoms with Crippen LogP contribution in [0.5, 0.6) is 0 Å². The maximum atomic E-state index is 13.7. The van der Waals surface area contributed by atoms with E-state index in [1.54, 1.807) is 29.8 Å². The van der Waals surface area contributed by atoms with Crippen molar-refractivity contribution in [3.63, 3.8) is 0 Å². The highest BCUT2D eigenvalue weighted by molar-refractivity contribution is 6.05. The molecule has 38 heavy (non-hydrogen) atoms. The average molecular weight is 523 g/mol. The number of nitrogens with zero attached hydrogens (tertiary/aromatic N) is 4. The van der Waals surface area contributed by atoms with Crippen molar-refractivity contribution < 1.29 is 27.1 Å². The van der Waals surface area contributed by atoms with Crippen molar-refractivity contribution in [1.29, 1.82) is 0 Å². The van der Waals surface area contributed by atoms with Crippen molar-refractivity contribution in [3.05, 3.63) is 88.5 Å². The third-order valence-electron chi connectivity index (χ3n) is 6.07. The van der Waals surface area contributed by atoms with Crippen LogP contribution in [0.4, 0.5) is 29.1 Å². The molecule has 1 aliphatic heterocycles. The molecule has 1 aliphatic rings. The van der Waals surface area contributed by atoms with Crippen LogP contribution in [0.1, 0.15) is 32.7 Å². The fourth-order valence-electron chi connectivity index (χ4n) is 4.08. The van der Waals surface area contributed by atoms with Gasteiger partial charge in [-0.2, -0.15) is 13.2 Å². The number of anilines is 2. The number of imidazole rings is 1. The van der Waals surface area contributed by atoms with Gasteiger partial charge in [-0.15, -0.1) is 5.10 Å². The molecule has 2 aromatic carbocycles. The topological polar surface area (TPSA) is 71.8 Å². The molecule has 0 bridgehead atoms. The van der Waals surface area contributed by atoms with Gasteiger partial charge in [-0.25, -0.2) is 13.9 Å². The van der Waals surface area contributed by atoms with Gasteiger partial charge >= 0.3 is 6.18 Å². The van der Waals surface area contributed by atoms with E-state index in [-0.39, 0.29) is 11.3 Å². The number of carbonyl (C=O) groups is 1. The highest BCUT2D eigenvalue weighted by Crippen LogP contribution is 2.32. The Morgan fingerprint density at radius 3 is 2.63 bits per heavy atom. The summed E-state index contributed by atoms with van der Waals surface area (Å²) in [4.78, 5) is 19.3. The Morgan fingerprint density at radius 2 is 1.87 bits per heavy atom. The molecule has 0 atom stereocenters. The van der Waals surface area contributed by atoms with E-state index in [4.69, 9.17) is 4.74 Å². The van der Waals surface area contributed by atoms with Gasteiger partial charge in [0.1, 0.15) is 17.3 Å². The molecule has 0 saturated carbocycles. The number of hydrogen-bond acceptors (Lipinski definition) is 5. The summed E-state index contributed by atoms with van der Waals surface area (Å²) in [6.45, 7) is 4.39. The average Bonchev–Trinajstić information content (AvgIpc) is 3.30. The molecule has 4 aromatic rings. The molecular formula is C27H21F4N5O2. The number of amides is 1. The van der Waals surface area contributed by atoms with E-state index >= 15 is 0 Å². The van der Waals surface area contributed by atoms with E-state index < -0.39 is 23.5 Å². The van der Waals surface area contributed by atoms with Crippen LogP contribution in [-0.4, -0.2) is 46.8 Å². The van der Waals surface area contributed by atoms with Crippen LogP contribution >= 0.6 is 0 Å². The molecule has 3 heterocycles. The quantitative estimate of drug-likeness (QED) is 0.312. The van der Waals surface area contributed by atoms with Gasteiger partial charge in [-0.05, 0) is 60.9 Å². The van der Waals surface area contributed by atoms with Crippen molar-refractivity contribution in [1.82, 2.24) is 14.6 Å². The van der Waals surface area contributed by atoms with Crippen molar-refractivity contribution >= 4 is 23.1 Å². The zero-order chi connectivity index (χ0) is 26.9. The first-order valence-corrected chi connectivity index (χ1v) is 11.7. The molecule has 0 unspecified atom stereocenters. The van der Waals surface area contributed by atoms with Crippen LogP contribution in [0.2, 0.25) is 0 Å². The Labute approximate surface area is 215 Å². The number of alkyl halides is 3. The minimum Gasteiger partial charge on any atom is -0.378 e. The largest absolute Gasteiger partial charge is 0.416 e. The van der Waals surface area contributed by atoms with Crippen molar-refractivity contribution in [2.24, 2.45) is 0 Å². The first-order chi connectivity index (χ1) is 18.2. The van der Waals surface area contributed by atoms with Gasteiger partial charge in [0.05, 0.1) is 25.0 Å². The molecule has 0 aliphatic carbocycles. The number of ether oxygens (including phenoxy) is 1. The number of rotatable bonds is 3. The molecule has 194 valence electrons. The van der Waals surface area contributed by atoms with Gasteiger partial charge in [-0.1, -0.05) is 12.0 Å². The fraction of sp³-hybridized carbons (Fsp3) is 0.222. The van der Waals surface area contributed by atoms with Crippen LogP contribution < -0.4 is 10.2 Å². The van der Waals surface area contributed by atoms with Crippen molar-refractivity contribution in [3.8, 4) is 11.8 Å². The Bertz CT molecular complexity index is 1580. The number of benzene rings is 2. The SMILES string of the molecule is Cc1c(C#Cc2cnc3ccc(N4CCOCC4)nn23)cccc1C(=O)Nc1cc(F)cc(C(F)(F)F)c1. The van der Waals surface area contributed by atoms with Crippen LogP contribution in [0.25, 0.3) is 5.65 Å². The van der Waals surface area contributed by atoms with Gasteiger partial charge in [-0.3, -0.25) is 4.79 Å². The van der Waals surface area contributed by atoms with Gasteiger partial charge in [0, 0.05) is 29.9 Å². The molecule has 7 nitrogen and oxygen atoms in total. The highest BCUT2D eigenvalue weighted by Gasteiger charge is 2.31. The lowest BCUT2D eigenvalue weighted by molar-refractivity contribution is -0.137. The molecule has 1 N–H and O–H groups in total. The van der Waals surface area contributed by atoms with Gasteiger partial charge in [0.2, 0.25) is 0 Å². The van der Waals surface area contributed by atoms with Gasteiger partial charge < -0.3 is 15.0 Å². The highest BCUT2D eigenvalue weighted by atomic mass is 19.4. The Hall–Kier alpha value is -4.43. The van der Waals surface area contributed by atoms with Crippen LogP contribution in [0.3, 0.4) is 0 Å². The van der Waals surface area contributed by atoms with E-state index in [1.165, 1.54) is 6.07 Å². The third-order valence-corrected chi connectivity index (χ3v) is 6.07. The zero-order valence-electron chi connectivity index (χ0n) is 20.1. The number of nitrogens with one attached hydrogen (secondary N) is 1. The maximum Gasteiger partial charge on any atom is 0.416 e. The minimum absolute atomic E-state index is 0.195. The second-order valence-corrected chi connectivity index (χ2v) is 8.61. The van der Waals surface area contributed by atoms with E-state index in [0.717, 1.165) is 25.0 Å². The number of carbonyl (C=O) groups excluding carboxylic acids is 1. The minimum atomic E-state index is -4.75. The Kier molecular flexibility index (Phi) is 6.73. The first-order valence-electron chi connectivity index (χ1n) is 11.7. The predicted octanol–water partition coefficient (Wildman–Crippen LogP) is 4.68. The summed E-state index contributed by atoms with van der Waals surface area (Å²) in [5, 5.41) is 7.01. The third kappa shape index (κ3) is 5.31. The lowest BCUT2D eigenvalue weighted by Crippen LogP contribution is -2.37. The normalized spacial score (nSPS) is 13.8. The second kappa shape index (κ2) is 10.1. The van der Waals surface area contributed by atoms with Crippen molar-refractivity contribution in [2.75, 3.05) is 36.5 Å². The van der Waals surface area contributed by atoms with Crippen molar-refractivity contribution in [2.45, 2.75) is 13.1 Å². The van der Waals surface area contributed by atoms with Gasteiger partial charge in [0.15, 0.2) is 5.65 Å². The molecule has 1 fully saturated rings. The van der Waals surface area contributed by atoms with Crippen LogP contribution in [0.15, 0.2) is 54.7 Å². The second-order valence-electron chi connectivity index (χ2n) is 8.61. The summed E-state index contributed by atoms with van der Waals surface area (Å²) in [6.07, 6.45) is -3.14. The summed E-state index contributed by atoms with van der Waals surface area (Å²) in [6, 6.07) is 10.5. The molecule has 0 radical (unpaired) electrons. The molecule has 1 saturated heterocycles. The monoisotopic (exact) mass is 523 g/mol. The molecule has 2 aromatic heterocycles. The standard InChI is InChI=1S/C27H21F4N5O2/c1-17-18(3-2-4-23(17)26(37)33-21-14-19(27(29,30)31)13-20(28)15-21)5-6-22-16-32-24-7-8-25(34-36(22)24)35-9-11-38-12-10-35/h2-4,7-8,13-16H,9-12H2,1H3,(H,33,37). The molecule has 1 amide bonds. The molecular weight excluding hydrogens is 502 g/mol. The summed E-state index contributed by atoms with van der Waals surface area (Å²) in [5.41, 5.74) is 0.926. The number of halogens is 4. The number of aromatic nitrogens is 3. The number of morpholine rings is 1. The first kappa shape index (κ1) is 25.2. The lowest BCUT2D eigenvalue weighted by Gasteiger charge is -2.27. The molecule has 0 spiro atoms. The van der Waals surface area contributed by atoms with Crippen LogP contribution in [0, 0.1) is 24.6 Å². The predicted molar refractivity (Wildman–Crippen MR) is 133 cm³/mol.